The van der Waals surface area contributed by atoms with Gasteiger partial charge in [0.05, 0.1) is 18.1 Å². The standard InChI is InChI=1S/C22H21N3O/c1-15(23)16-10-11-21-20(13-16)24-14-25(21)18-7-5-6-17(12-18)19-8-3-4-9-22(19)26-2/h3-15H,23H2,1-2H3/t15-/m1/s1. The zero-order valence-corrected chi connectivity index (χ0v) is 14.9. The van der Waals surface area contributed by atoms with E-state index in [-0.39, 0.29) is 6.04 Å². The van der Waals surface area contributed by atoms with Gasteiger partial charge in [0.25, 0.3) is 0 Å². The SMILES string of the molecule is COc1ccccc1-c1cccc(-n2cnc3cc([C@@H](C)N)ccc32)c1. The highest BCUT2D eigenvalue weighted by molar-refractivity contribution is 5.79. The van der Waals surface area contributed by atoms with Crippen LogP contribution in [0.2, 0.25) is 0 Å². The average molecular weight is 343 g/mol. The number of hydrogen-bond donors (Lipinski definition) is 1. The first-order valence-electron chi connectivity index (χ1n) is 8.64. The lowest BCUT2D eigenvalue weighted by atomic mass is 10.0. The molecule has 1 atom stereocenters. The summed E-state index contributed by atoms with van der Waals surface area (Å²) in [5, 5.41) is 0. The average Bonchev–Trinajstić information content (AvgIpc) is 3.11. The van der Waals surface area contributed by atoms with Gasteiger partial charge in [-0.15, -0.1) is 0 Å². The molecule has 0 bridgehead atoms. The highest BCUT2D eigenvalue weighted by Gasteiger charge is 2.10. The number of hydrogen-bond acceptors (Lipinski definition) is 3. The van der Waals surface area contributed by atoms with Crippen LogP contribution in [0.3, 0.4) is 0 Å². The van der Waals surface area contributed by atoms with Gasteiger partial charge in [-0.3, -0.25) is 4.57 Å². The van der Waals surface area contributed by atoms with Crippen LogP contribution in [-0.2, 0) is 0 Å². The lowest BCUT2D eigenvalue weighted by molar-refractivity contribution is 0.416. The quantitative estimate of drug-likeness (QED) is 0.583. The summed E-state index contributed by atoms with van der Waals surface area (Å²) in [7, 11) is 1.70. The van der Waals surface area contributed by atoms with Gasteiger partial charge in [-0.2, -0.15) is 0 Å². The molecule has 0 aliphatic rings. The van der Waals surface area contributed by atoms with Crippen molar-refractivity contribution in [3.8, 4) is 22.6 Å². The van der Waals surface area contributed by atoms with Gasteiger partial charge in [0.2, 0.25) is 0 Å². The van der Waals surface area contributed by atoms with Gasteiger partial charge in [-0.1, -0.05) is 36.4 Å². The van der Waals surface area contributed by atoms with Crippen LogP contribution in [0.25, 0.3) is 27.8 Å². The molecule has 0 aliphatic heterocycles. The fourth-order valence-corrected chi connectivity index (χ4v) is 3.23. The topological polar surface area (TPSA) is 53.1 Å². The van der Waals surface area contributed by atoms with Gasteiger partial charge in [-0.05, 0) is 48.4 Å². The Labute approximate surface area is 152 Å². The molecule has 0 fully saturated rings. The van der Waals surface area contributed by atoms with Crippen molar-refractivity contribution in [1.82, 2.24) is 9.55 Å². The first-order chi connectivity index (χ1) is 12.7. The van der Waals surface area contributed by atoms with Crippen molar-refractivity contribution >= 4 is 11.0 Å². The highest BCUT2D eigenvalue weighted by atomic mass is 16.5. The fourth-order valence-electron chi connectivity index (χ4n) is 3.23. The number of aromatic nitrogens is 2. The number of nitrogens with zero attached hydrogens (tertiary/aromatic N) is 2. The Bertz CT molecular complexity index is 1070. The maximum atomic E-state index is 5.99. The Kier molecular flexibility index (Phi) is 4.19. The molecule has 3 aromatic carbocycles. The van der Waals surface area contributed by atoms with Crippen LogP contribution in [-0.4, -0.2) is 16.7 Å². The van der Waals surface area contributed by atoms with Gasteiger partial charge in [0.1, 0.15) is 12.1 Å². The second-order valence-electron chi connectivity index (χ2n) is 6.40. The second-order valence-corrected chi connectivity index (χ2v) is 6.40. The molecule has 0 radical (unpaired) electrons. The van der Waals surface area contributed by atoms with E-state index in [4.69, 9.17) is 10.5 Å². The molecule has 0 saturated heterocycles. The molecule has 4 nitrogen and oxygen atoms in total. The minimum absolute atomic E-state index is 0.00146. The zero-order valence-electron chi connectivity index (χ0n) is 14.9. The molecule has 0 saturated carbocycles. The Morgan fingerprint density at radius 2 is 1.85 bits per heavy atom. The van der Waals surface area contributed by atoms with Crippen molar-refractivity contribution in [2.45, 2.75) is 13.0 Å². The summed E-state index contributed by atoms with van der Waals surface area (Å²) in [5.74, 6) is 0.863. The summed E-state index contributed by atoms with van der Waals surface area (Å²) in [6.45, 7) is 1.98. The largest absolute Gasteiger partial charge is 0.496 e. The minimum Gasteiger partial charge on any atom is -0.496 e. The third-order valence-corrected chi connectivity index (χ3v) is 4.64. The van der Waals surface area contributed by atoms with Crippen molar-refractivity contribution in [3.05, 3.63) is 78.6 Å². The van der Waals surface area contributed by atoms with Crippen LogP contribution in [0.1, 0.15) is 18.5 Å². The molecule has 0 amide bonds. The molecule has 1 heterocycles. The van der Waals surface area contributed by atoms with E-state index < -0.39 is 0 Å². The predicted octanol–water partition coefficient (Wildman–Crippen LogP) is 4.72. The van der Waals surface area contributed by atoms with E-state index in [0.717, 1.165) is 39.2 Å². The predicted molar refractivity (Wildman–Crippen MR) is 106 cm³/mol. The van der Waals surface area contributed by atoms with Gasteiger partial charge in [-0.25, -0.2) is 4.98 Å². The smallest absolute Gasteiger partial charge is 0.126 e. The maximum absolute atomic E-state index is 5.99. The molecule has 2 N–H and O–H groups in total. The van der Waals surface area contributed by atoms with Crippen LogP contribution < -0.4 is 10.5 Å². The molecule has 4 rings (SSSR count). The Hall–Kier alpha value is -3.11. The molecule has 0 aliphatic carbocycles. The molecule has 130 valence electrons. The Morgan fingerprint density at radius 1 is 1.00 bits per heavy atom. The molecule has 1 aromatic heterocycles. The Morgan fingerprint density at radius 3 is 2.65 bits per heavy atom. The normalized spacial score (nSPS) is 12.3. The summed E-state index contributed by atoms with van der Waals surface area (Å²) in [4.78, 5) is 4.56. The van der Waals surface area contributed by atoms with E-state index in [0.29, 0.717) is 0 Å². The number of imidazole rings is 1. The lowest BCUT2D eigenvalue weighted by Gasteiger charge is -2.11. The first-order valence-corrected chi connectivity index (χ1v) is 8.64. The van der Waals surface area contributed by atoms with Crippen LogP contribution in [0.5, 0.6) is 5.75 Å². The van der Waals surface area contributed by atoms with Crippen molar-refractivity contribution < 1.29 is 4.74 Å². The van der Waals surface area contributed by atoms with Gasteiger partial charge < -0.3 is 10.5 Å². The maximum Gasteiger partial charge on any atom is 0.126 e. The zero-order chi connectivity index (χ0) is 18.1. The molecule has 0 unspecified atom stereocenters. The van der Waals surface area contributed by atoms with Gasteiger partial charge >= 0.3 is 0 Å². The van der Waals surface area contributed by atoms with Crippen molar-refractivity contribution in [2.24, 2.45) is 5.73 Å². The molecule has 26 heavy (non-hydrogen) atoms. The molecule has 4 aromatic rings. The third-order valence-electron chi connectivity index (χ3n) is 4.64. The molecular formula is C22H21N3O. The summed E-state index contributed by atoms with van der Waals surface area (Å²) in [6.07, 6.45) is 1.86. The second kappa shape index (κ2) is 6.65. The van der Waals surface area contributed by atoms with E-state index in [2.05, 4.69) is 58.1 Å². The molecule has 0 spiro atoms. The van der Waals surface area contributed by atoms with Gasteiger partial charge in [0.15, 0.2) is 0 Å². The van der Waals surface area contributed by atoms with E-state index in [1.165, 1.54) is 0 Å². The number of para-hydroxylation sites is 1. The number of rotatable bonds is 4. The van der Waals surface area contributed by atoms with E-state index in [1.807, 2.05) is 31.5 Å². The molecular weight excluding hydrogens is 322 g/mol. The minimum atomic E-state index is -0.00146. The summed E-state index contributed by atoms with van der Waals surface area (Å²) in [5.41, 5.74) is 12.3. The number of methoxy groups -OCH3 is 1. The number of ether oxygens (including phenoxy) is 1. The van der Waals surface area contributed by atoms with Crippen LogP contribution in [0, 0.1) is 0 Å². The van der Waals surface area contributed by atoms with Gasteiger partial charge in [0, 0.05) is 17.3 Å². The van der Waals surface area contributed by atoms with Crippen LogP contribution in [0.4, 0.5) is 0 Å². The fraction of sp³-hybridized carbons (Fsp3) is 0.136. The third kappa shape index (κ3) is 2.85. The van der Waals surface area contributed by atoms with Crippen LogP contribution >= 0.6 is 0 Å². The summed E-state index contributed by atoms with van der Waals surface area (Å²) >= 11 is 0. The number of nitrogens with two attached hydrogens (primary N) is 1. The highest BCUT2D eigenvalue weighted by Crippen LogP contribution is 2.31. The van der Waals surface area contributed by atoms with Crippen LogP contribution in [0.15, 0.2) is 73.1 Å². The van der Waals surface area contributed by atoms with Crippen molar-refractivity contribution in [1.29, 1.82) is 0 Å². The van der Waals surface area contributed by atoms with E-state index in [1.54, 1.807) is 7.11 Å². The number of fused-ring (bicyclic) bond motifs is 1. The first kappa shape index (κ1) is 16.4. The number of benzene rings is 3. The van der Waals surface area contributed by atoms with E-state index in [9.17, 15) is 0 Å². The lowest BCUT2D eigenvalue weighted by Crippen LogP contribution is -2.04. The van der Waals surface area contributed by atoms with Crippen molar-refractivity contribution in [3.63, 3.8) is 0 Å². The van der Waals surface area contributed by atoms with Crippen molar-refractivity contribution in [2.75, 3.05) is 7.11 Å². The Balaban J connectivity index is 1.81. The van der Waals surface area contributed by atoms with E-state index >= 15 is 0 Å². The summed E-state index contributed by atoms with van der Waals surface area (Å²) < 4.78 is 7.60. The molecule has 4 heteroatoms. The monoisotopic (exact) mass is 343 g/mol. The summed E-state index contributed by atoms with van der Waals surface area (Å²) in [6, 6.07) is 22.6.